The standard InChI is InChI=1S/C18H28N2O3/c1-10(2)12-7-13(11(3)4)17(22)14(8-12)18(23)20-15-5-6-19-9-16(15)21/h7-8,10-11,15-16,19,21-22H,5-6,9H2,1-4H3,(H,20,23)/t15-,16-/m1/s1. The number of phenolic OH excluding ortho intramolecular Hbond substituents is 1. The van der Waals surface area contributed by atoms with Crippen molar-refractivity contribution in [3.8, 4) is 5.75 Å². The van der Waals surface area contributed by atoms with Crippen LogP contribution in [-0.2, 0) is 0 Å². The number of amides is 1. The topological polar surface area (TPSA) is 81.6 Å². The summed E-state index contributed by atoms with van der Waals surface area (Å²) in [6.45, 7) is 9.36. The maximum atomic E-state index is 12.6. The van der Waals surface area contributed by atoms with E-state index in [4.69, 9.17) is 0 Å². The number of benzene rings is 1. The van der Waals surface area contributed by atoms with Crippen molar-refractivity contribution in [3.63, 3.8) is 0 Å². The fraction of sp³-hybridized carbons (Fsp3) is 0.611. The normalized spacial score (nSPS) is 21.7. The van der Waals surface area contributed by atoms with E-state index in [9.17, 15) is 15.0 Å². The molecular weight excluding hydrogens is 292 g/mol. The third-order valence-corrected chi connectivity index (χ3v) is 4.46. The summed E-state index contributed by atoms with van der Waals surface area (Å²) in [7, 11) is 0. The van der Waals surface area contributed by atoms with Crippen LogP contribution in [0.25, 0.3) is 0 Å². The second-order valence-electron chi connectivity index (χ2n) is 6.96. The van der Waals surface area contributed by atoms with E-state index in [2.05, 4.69) is 24.5 Å². The van der Waals surface area contributed by atoms with Crippen LogP contribution < -0.4 is 10.6 Å². The molecule has 4 N–H and O–H groups in total. The molecule has 0 aromatic heterocycles. The third-order valence-electron chi connectivity index (χ3n) is 4.46. The van der Waals surface area contributed by atoms with Crippen LogP contribution in [0.5, 0.6) is 5.75 Å². The molecule has 1 saturated heterocycles. The zero-order valence-electron chi connectivity index (χ0n) is 14.4. The van der Waals surface area contributed by atoms with Crippen LogP contribution in [0.1, 0.15) is 67.4 Å². The Morgan fingerprint density at radius 3 is 2.52 bits per heavy atom. The lowest BCUT2D eigenvalue weighted by Crippen LogP contribution is -2.52. The highest BCUT2D eigenvalue weighted by Crippen LogP contribution is 2.33. The van der Waals surface area contributed by atoms with Gasteiger partial charge >= 0.3 is 0 Å². The minimum absolute atomic E-state index is 0.0466. The van der Waals surface area contributed by atoms with Crippen LogP contribution in [0, 0.1) is 0 Å². The average Bonchev–Trinajstić information content (AvgIpc) is 2.49. The smallest absolute Gasteiger partial charge is 0.255 e. The van der Waals surface area contributed by atoms with Gasteiger partial charge in [-0.1, -0.05) is 33.8 Å². The van der Waals surface area contributed by atoms with E-state index in [1.54, 1.807) is 6.07 Å². The van der Waals surface area contributed by atoms with E-state index in [1.807, 2.05) is 19.9 Å². The van der Waals surface area contributed by atoms with Crippen molar-refractivity contribution >= 4 is 5.91 Å². The Hall–Kier alpha value is -1.59. The summed E-state index contributed by atoms with van der Waals surface area (Å²) >= 11 is 0. The SMILES string of the molecule is CC(C)c1cc(C(=O)N[C@@H]2CCNC[C@H]2O)c(O)c(C(C)C)c1. The highest BCUT2D eigenvalue weighted by atomic mass is 16.3. The lowest BCUT2D eigenvalue weighted by molar-refractivity contribution is 0.0763. The molecule has 5 nitrogen and oxygen atoms in total. The molecular formula is C18H28N2O3. The van der Waals surface area contributed by atoms with Crippen molar-refractivity contribution in [2.45, 2.75) is 58.1 Å². The monoisotopic (exact) mass is 320 g/mol. The van der Waals surface area contributed by atoms with Gasteiger partial charge in [0.25, 0.3) is 5.91 Å². The maximum Gasteiger partial charge on any atom is 0.255 e. The van der Waals surface area contributed by atoms with E-state index in [0.29, 0.717) is 18.5 Å². The average molecular weight is 320 g/mol. The van der Waals surface area contributed by atoms with Crippen molar-refractivity contribution in [2.75, 3.05) is 13.1 Å². The molecule has 0 saturated carbocycles. The van der Waals surface area contributed by atoms with Crippen LogP contribution in [0.2, 0.25) is 0 Å². The zero-order valence-corrected chi connectivity index (χ0v) is 14.4. The first-order valence-corrected chi connectivity index (χ1v) is 8.37. The van der Waals surface area contributed by atoms with E-state index in [-0.39, 0.29) is 29.5 Å². The van der Waals surface area contributed by atoms with Gasteiger partial charge in [0.05, 0.1) is 17.7 Å². The number of hydrogen-bond donors (Lipinski definition) is 4. The fourth-order valence-corrected chi connectivity index (χ4v) is 2.88. The first kappa shape index (κ1) is 17.8. The van der Waals surface area contributed by atoms with Gasteiger partial charge in [0.1, 0.15) is 5.75 Å². The Bertz CT molecular complexity index is 570. The maximum absolute atomic E-state index is 12.6. The number of phenols is 1. The number of hydrogen-bond acceptors (Lipinski definition) is 4. The number of aliphatic hydroxyl groups excluding tert-OH is 1. The van der Waals surface area contributed by atoms with Gasteiger partial charge in [0.2, 0.25) is 0 Å². The number of piperidine rings is 1. The summed E-state index contributed by atoms with van der Waals surface area (Å²) in [6, 6.07) is 3.45. The van der Waals surface area contributed by atoms with Crippen molar-refractivity contribution in [1.29, 1.82) is 0 Å². The largest absolute Gasteiger partial charge is 0.507 e. The fourth-order valence-electron chi connectivity index (χ4n) is 2.88. The molecule has 1 aromatic carbocycles. The Labute approximate surface area is 138 Å². The summed E-state index contributed by atoms with van der Waals surface area (Å²) in [5.41, 5.74) is 2.11. The van der Waals surface area contributed by atoms with Crippen LogP contribution >= 0.6 is 0 Å². The molecule has 0 bridgehead atoms. The number of nitrogens with one attached hydrogen (secondary N) is 2. The van der Waals surface area contributed by atoms with Gasteiger partial charge in [0.15, 0.2) is 0 Å². The summed E-state index contributed by atoms with van der Waals surface area (Å²) in [4.78, 5) is 12.6. The van der Waals surface area contributed by atoms with Crippen LogP contribution in [0.4, 0.5) is 0 Å². The van der Waals surface area contributed by atoms with Crippen molar-refractivity contribution in [1.82, 2.24) is 10.6 Å². The molecule has 0 radical (unpaired) electrons. The summed E-state index contributed by atoms with van der Waals surface area (Å²) < 4.78 is 0. The summed E-state index contributed by atoms with van der Waals surface area (Å²) in [5, 5.41) is 26.4. The molecule has 1 fully saturated rings. The Kier molecular flexibility index (Phi) is 5.65. The third kappa shape index (κ3) is 4.03. The molecule has 5 heteroatoms. The summed E-state index contributed by atoms with van der Waals surface area (Å²) in [6.07, 6.45) is 0.0712. The molecule has 0 unspecified atom stereocenters. The summed E-state index contributed by atoms with van der Waals surface area (Å²) in [5.74, 6) is 0.122. The molecule has 2 rings (SSSR count). The molecule has 0 spiro atoms. The zero-order chi connectivity index (χ0) is 17.1. The lowest BCUT2D eigenvalue weighted by atomic mass is 9.91. The van der Waals surface area contributed by atoms with Crippen LogP contribution in [0.15, 0.2) is 12.1 Å². The van der Waals surface area contributed by atoms with Gasteiger partial charge < -0.3 is 20.8 Å². The number of β-amino-alcohol motifs (C(OH)–C–C–N with tert-alkyl or cyclic N) is 1. The molecule has 1 aliphatic heterocycles. The van der Waals surface area contributed by atoms with Gasteiger partial charge in [-0.2, -0.15) is 0 Å². The molecule has 1 amide bonds. The highest BCUT2D eigenvalue weighted by molar-refractivity contribution is 5.97. The van der Waals surface area contributed by atoms with Crippen molar-refractivity contribution < 1.29 is 15.0 Å². The van der Waals surface area contributed by atoms with Gasteiger partial charge in [0, 0.05) is 6.54 Å². The molecule has 23 heavy (non-hydrogen) atoms. The van der Waals surface area contributed by atoms with E-state index in [1.165, 1.54) is 0 Å². The molecule has 1 aliphatic rings. The van der Waals surface area contributed by atoms with Crippen LogP contribution in [-0.4, -0.2) is 41.4 Å². The Morgan fingerprint density at radius 1 is 1.26 bits per heavy atom. The first-order valence-electron chi connectivity index (χ1n) is 8.37. The highest BCUT2D eigenvalue weighted by Gasteiger charge is 2.26. The van der Waals surface area contributed by atoms with E-state index in [0.717, 1.165) is 17.7 Å². The second-order valence-corrected chi connectivity index (χ2v) is 6.96. The quantitative estimate of drug-likeness (QED) is 0.685. The van der Waals surface area contributed by atoms with Crippen LogP contribution in [0.3, 0.4) is 0 Å². The lowest BCUT2D eigenvalue weighted by Gasteiger charge is -2.29. The molecule has 0 aliphatic carbocycles. The molecule has 128 valence electrons. The number of aromatic hydroxyl groups is 1. The van der Waals surface area contributed by atoms with Crippen molar-refractivity contribution in [3.05, 3.63) is 28.8 Å². The minimum Gasteiger partial charge on any atom is -0.507 e. The van der Waals surface area contributed by atoms with Gasteiger partial charge in [-0.3, -0.25) is 4.79 Å². The van der Waals surface area contributed by atoms with E-state index < -0.39 is 6.10 Å². The minimum atomic E-state index is -0.604. The molecule has 1 heterocycles. The number of carbonyl (C=O) groups is 1. The van der Waals surface area contributed by atoms with E-state index >= 15 is 0 Å². The van der Waals surface area contributed by atoms with Crippen molar-refractivity contribution in [2.24, 2.45) is 0 Å². The second kappa shape index (κ2) is 7.32. The number of aliphatic hydroxyl groups is 1. The molecule has 2 atom stereocenters. The number of carbonyl (C=O) groups excluding carboxylic acids is 1. The predicted molar refractivity (Wildman–Crippen MR) is 91.0 cm³/mol. The Balaban J connectivity index is 2.31. The van der Waals surface area contributed by atoms with Gasteiger partial charge in [-0.15, -0.1) is 0 Å². The predicted octanol–water partition coefficient (Wildman–Crippen LogP) is 2.09. The van der Waals surface area contributed by atoms with Gasteiger partial charge in [-0.05, 0) is 42.0 Å². The van der Waals surface area contributed by atoms with Gasteiger partial charge in [-0.25, -0.2) is 0 Å². The first-order chi connectivity index (χ1) is 10.8. The number of rotatable bonds is 4. The molecule has 1 aromatic rings. The Morgan fingerprint density at radius 2 is 1.96 bits per heavy atom.